The molecule has 1 aliphatic carbocycles. The normalized spacial score (nSPS) is 13.3. The van der Waals surface area contributed by atoms with Crippen LogP contribution in [0, 0.1) is 5.92 Å². The number of hydrogen-bond acceptors (Lipinski definition) is 3. The minimum atomic E-state index is -0.273. The van der Waals surface area contributed by atoms with Crippen molar-refractivity contribution >= 4 is 11.8 Å². The lowest BCUT2D eigenvalue weighted by atomic mass is 10.0. The van der Waals surface area contributed by atoms with E-state index in [1.54, 1.807) is 12.1 Å². The minimum absolute atomic E-state index is 0.0964. The molecule has 0 unspecified atom stereocenters. The zero-order valence-corrected chi connectivity index (χ0v) is 15.6. The molecular weight excluding hydrogens is 340 g/mol. The first-order chi connectivity index (χ1) is 13.1. The van der Waals surface area contributed by atoms with E-state index in [4.69, 9.17) is 0 Å². The Morgan fingerprint density at radius 3 is 2.19 bits per heavy atom. The number of aryl methyl sites for hydroxylation is 1. The van der Waals surface area contributed by atoms with Crippen LogP contribution in [0.2, 0.25) is 0 Å². The first-order valence-electron chi connectivity index (χ1n) is 9.53. The molecule has 2 aromatic carbocycles. The van der Waals surface area contributed by atoms with Gasteiger partial charge >= 0.3 is 0 Å². The van der Waals surface area contributed by atoms with Gasteiger partial charge in [0.1, 0.15) is 0 Å². The monoisotopic (exact) mass is 366 g/mol. The van der Waals surface area contributed by atoms with Gasteiger partial charge in [-0.25, -0.2) is 5.06 Å². The summed E-state index contributed by atoms with van der Waals surface area (Å²) in [6, 6.07) is 15.8. The Morgan fingerprint density at radius 2 is 1.63 bits per heavy atom. The minimum Gasteiger partial charge on any atom is -0.350 e. The molecule has 0 saturated heterocycles. The molecule has 5 heteroatoms. The van der Waals surface area contributed by atoms with Crippen molar-refractivity contribution in [1.29, 1.82) is 0 Å². The summed E-state index contributed by atoms with van der Waals surface area (Å²) in [6.45, 7) is 2.44. The van der Waals surface area contributed by atoms with Crippen LogP contribution in [-0.2, 0) is 11.2 Å². The summed E-state index contributed by atoms with van der Waals surface area (Å²) >= 11 is 0. The molecule has 1 fully saturated rings. The maximum Gasteiger partial charge on any atom is 0.251 e. The van der Waals surface area contributed by atoms with Gasteiger partial charge in [-0.2, -0.15) is 0 Å². The van der Waals surface area contributed by atoms with E-state index in [9.17, 15) is 14.8 Å². The first-order valence-corrected chi connectivity index (χ1v) is 9.53. The van der Waals surface area contributed by atoms with Crippen LogP contribution in [0.15, 0.2) is 48.5 Å². The van der Waals surface area contributed by atoms with Crippen molar-refractivity contribution < 1.29 is 14.8 Å². The van der Waals surface area contributed by atoms with E-state index in [1.165, 1.54) is 5.56 Å². The SMILES string of the molecule is CCc1ccc(-c2ccc(C(=O)NCCN(O)C(=O)CC3CC3)cc2)cc1. The van der Waals surface area contributed by atoms with Crippen molar-refractivity contribution in [3.05, 3.63) is 59.7 Å². The number of nitrogens with zero attached hydrogens (tertiary/aromatic N) is 1. The molecule has 1 saturated carbocycles. The van der Waals surface area contributed by atoms with Crippen molar-refractivity contribution in [2.45, 2.75) is 32.6 Å². The molecule has 0 bridgehead atoms. The van der Waals surface area contributed by atoms with Crippen LogP contribution in [0.1, 0.15) is 42.1 Å². The van der Waals surface area contributed by atoms with Crippen LogP contribution in [0.3, 0.4) is 0 Å². The third-order valence-corrected chi connectivity index (χ3v) is 4.90. The Hall–Kier alpha value is -2.66. The number of amides is 2. The maximum atomic E-state index is 12.2. The second kappa shape index (κ2) is 8.82. The summed E-state index contributed by atoms with van der Waals surface area (Å²) < 4.78 is 0. The molecule has 2 N–H and O–H groups in total. The van der Waals surface area contributed by atoms with Crippen molar-refractivity contribution in [2.24, 2.45) is 5.92 Å². The number of rotatable bonds is 8. The third-order valence-electron chi connectivity index (χ3n) is 4.90. The molecule has 0 radical (unpaired) electrons. The molecular formula is C22H26N2O3. The smallest absolute Gasteiger partial charge is 0.251 e. The Balaban J connectivity index is 1.48. The lowest BCUT2D eigenvalue weighted by Gasteiger charge is -2.15. The van der Waals surface area contributed by atoms with Gasteiger partial charge in [0.25, 0.3) is 5.91 Å². The van der Waals surface area contributed by atoms with Crippen LogP contribution >= 0.6 is 0 Å². The fraction of sp³-hybridized carbons (Fsp3) is 0.364. The predicted molar refractivity (Wildman–Crippen MR) is 104 cm³/mol. The number of carbonyl (C=O) groups is 2. The molecule has 0 spiro atoms. The highest BCUT2D eigenvalue weighted by Gasteiger charge is 2.26. The summed E-state index contributed by atoms with van der Waals surface area (Å²) in [7, 11) is 0. The van der Waals surface area contributed by atoms with E-state index in [0.717, 1.165) is 30.4 Å². The van der Waals surface area contributed by atoms with E-state index in [0.29, 0.717) is 23.0 Å². The van der Waals surface area contributed by atoms with Crippen LogP contribution in [0.4, 0.5) is 0 Å². The first kappa shape index (κ1) is 19.1. The van der Waals surface area contributed by atoms with E-state index in [-0.39, 0.29) is 24.9 Å². The standard InChI is InChI=1S/C22H26N2O3/c1-2-16-5-7-18(8-6-16)19-9-11-20(12-10-19)22(26)23-13-14-24(27)21(25)15-17-3-4-17/h5-12,17,27H,2-4,13-15H2,1H3,(H,23,26). The molecule has 1 aliphatic rings. The Morgan fingerprint density at radius 1 is 1.04 bits per heavy atom. The Kier molecular flexibility index (Phi) is 6.24. The Labute approximate surface area is 160 Å². The fourth-order valence-electron chi connectivity index (χ4n) is 2.92. The maximum absolute atomic E-state index is 12.2. The summed E-state index contributed by atoms with van der Waals surface area (Å²) in [6.07, 6.45) is 3.53. The summed E-state index contributed by atoms with van der Waals surface area (Å²) in [4.78, 5) is 23.9. The molecule has 0 heterocycles. The van der Waals surface area contributed by atoms with Crippen molar-refractivity contribution in [2.75, 3.05) is 13.1 Å². The molecule has 0 atom stereocenters. The molecule has 0 aliphatic heterocycles. The average Bonchev–Trinajstić information content (AvgIpc) is 3.52. The zero-order valence-electron chi connectivity index (χ0n) is 15.6. The molecule has 27 heavy (non-hydrogen) atoms. The molecule has 142 valence electrons. The molecule has 3 rings (SSSR count). The third kappa shape index (κ3) is 5.41. The van der Waals surface area contributed by atoms with E-state index in [1.807, 2.05) is 12.1 Å². The highest BCUT2D eigenvalue weighted by Crippen LogP contribution is 2.32. The largest absolute Gasteiger partial charge is 0.350 e. The van der Waals surface area contributed by atoms with Gasteiger partial charge < -0.3 is 5.32 Å². The van der Waals surface area contributed by atoms with E-state index < -0.39 is 0 Å². The van der Waals surface area contributed by atoms with Gasteiger partial charge in [0, 0.05) is 18.5 Å². The van der Waals surface area contributed by atoms with Gasteiger partial charge in [-0.3, -0.25) is 14.8 Å². The lowest BCUT2D eigenvalue weighted by Crippen LogP contribution is -2.36. The summed E-state index contributed by atoms with van der Waals surface area (Å²) in [5, 5.41) is 13.2. The molecule has 2 aromatic rings. The number of carbonyl (C=O) groups excluding carboxylic acids is 2. The number of hydroxylamine groups is 2. The van der Waals surface area contributed by atoms with Crippen molar-refractivity contribution in [3.63, 3.8) is 0 Å². The highest BCUT2D eigenvalue weighted by atomic mass is 16.5. The van der Waals surface area contributed by atoms with Gasteiger partial charge in [-0.15, -0.1) is 0 Å². The fourth-order valence-corrected chi connectivity index (χ4v) is 2.92. The molecule has 2 amide bonds. The van der Waals surface area contributed by atoms with Crippen LogP contribution in [-0.4, -0.2) is 35.2 Å². The van der Waals surface area contributed by atoms with Gasteiger partial charge in [0.05, 0.1) is 6.54 Å². The van der Waals surface area contributed by atoms with Crippen molar-refractivity contribution in [1.82, 2.24) is 10.4 Å². The van der Waals surface area contributed by atoms with Gasteiger partial charge in [-0.05, 0) is 54.0 Å². The molecule has 0 aromatic heterocycles. The Bertz CT molecular complexity index is 780. The lowest BCUT2D eigenvalue weighted by molar-refractivity contribution is -0.165. The van der Waals surface area contributed by atoms with Gasteiger partial charge in [0.2, 0.25) is 5.91 Å². The highest BCUT2D eigenvalue weighted by molar-refractivity contribution is 5.94. The van der Waals surface area contributed by atoms with Crippen LogP contribution in [0.5, 0.6) is 0 Å². The summed E-state index contributed by atoms with van der Waals surface area (Å²) in [5.74, 6) is -0.0606. The summed E-state index contributed by atoms with van der Waals surface area (Å²) in [5.41, 5.74) is 4.02. The van der Waals surface area contributed by atoms with Gasteiger partial charge in [-0.1, -0.05) is 43.3 Å². The molecule has 5 nitrogen and oxygen atoms in total. The topological polar surface area (TPSA) is 69.6 Å². The van der Waals surface area contributed by atoms with Crippen LogP contribution in [0.25, 0.3) is 11.1 Å². The second-order valence-electron chi connectivity index (χ2n) is 7.05. The number of benzene rings is 2. The predicted octanol–water partition coefficient (Wildman–Crippen LogP) is 3.66. The zero-order chi connectivity index (χ0) is 19.2. The van der Waals surface area contributed by atoms with E-state index >= 15 is 0 Å². The van der Waals surface area contributed by atoms with E-state index in [2.05, 4.69) is 36.5 Å². The number of hydrogen-bond donors (Lipinski definition) is 2. The van der Waals surface area contributed by atoms with Crippen LogP contribution < -0.4 is 5.32 Å². The quantitative estimate of drug-likeness (QED) is 0.553. The number of nitrogens with one attached hydrogen (secondary N) is 1. The average molecular weight is 366 g/mol. The van der Waals surface area contributed by atoms with Gasteiger partial charge in [0.15, 0.2) is 0 Å². The second-order valence-corrected chi connectivity index (χ2v) is 7.05. The van der Waals surface area contributed by atoms with Crippen molar-refractivity contribution in [3.8, 4) is 11.1 Å².